The number of rotatable bonds is 5. The van der Waals surface area contributed by atoms with Gasteiger partial charge < -0.3 is 19.4 Å². The molecule has 2 aliphatic heterocycles. The van der Waals surface area contributed by atoms with Crippen LogP contribution in [0.1, 0.15) is 6.92 Å². The number of anilines is 2. The molecule has 2 fully saturated rings. The van der Waals surface area contributed by atoms with E-state index in [-0.39, 0.29) is 11.2 Å². The Morgan fingerprint density at radius 1 is 1.04 bits per heavy atom. The fraction of sp³-hybridized carbons (Fsp3) is 0.526. The smallest absolute Gasteiger partial charge is 0.235 e. The summed E-state index contributed by atoms with van der Waals surface area (Å²) in [5.74, 6) is 0.181. The van der Waals surface area contributed by atoms with E-state index < -0.39 is 0 Å². The van der Waals surface area contributed by atoms with E-state index in [1.165, 1.54) is 17.4 Å². The van der Waals surface area contributed by atoms with Crippen molar-refractivity contribution in [2.75, 3.05) is 62.3 Å². The Morgan fingerprint density at radius 2 is 1.75 bits per heavy atom. The highest BCUT2D eigenvalue weighted by atomic mass is 32.2. The van der Waals surface area contributed by atoms with Crippen molar-refractivity contribution in [3.05, 3.63) is 30.3 Å². The number of carbonyl (C=O) groups excluding carboxylic acids is 1. The predicted molar refractivity (Wildman–Crippen MR) is 113 cm³/mol. The Labute approximate surface area is 173 Å². The minimum absolute atomic E-state index is 0.159. The molecule has 1 amide bonds. The maximum absolute atomic E-state index is 12.9. The molecule has 2 saturated heterocycles. The summed E-state index contributed by atoms with van der Waals surface area (Å²) in [7, 11) is 0. The van der Waals surface area contributed by atoms with Crippen LogP contribution in [0.3, 0.4) is 0 Å². The fourth-order valence-corrected chi connectivity index (χ4v) is 5.54. The summed E-state index contributed by atoms with van der Waals surface area (Å²) >= 11 is 3.07. The van der Waals surface area contributed by atoms with Gasteiger partial charge in [-0.25, -0.2) is 0 Å². The van der Waals surface area contributed by atoms with Crippen molar-refractivity contribution in [1.29, 1.82) is 0 Å². The van der Waals surface area contributed by atoms with Gasteiger partial charge >= 0.3 is 0 Å². The second kappa shape index (κ2) is 9.11. The monoisotopic (exact) mass is 419 g/mol. The lowest BCUT2D eigenvalue weighted by molar-refractivity contribution is -0.130. The van der Waals surface area contributed by atoms with Gasteiger partial charge in [0, 0.05) is 45.0 Å². The highest BCUT2D eigenvalue weighted by Crippen LogP contribution is 2.32. The lowest BCUT2D eigenvalue weighted by Gasteiger charge is -2.37. The van der Waals surface area contributed by atoms with Crippen molar-refractivity contribution in [2.24, 2.45) is 0 Å². The molecule has 1 aromatic carbocycles. The third-order valence-electron chi connectivity index (χ3n) is 5.02. The number of morpholine rings is 1. The number of aromatic nitrogens is 2. The number of para-hydroxylation sites is 1. The van der Waals surface area contributed by atoms with Crippen LogP contribution in [0, 0.1) is 0 Å². The Morgan fingerprint density at radius 3 is 2.46 bits per heavy atom. The zero-order chi connectivity index (χ0) is 19.3. The first-order chi connectivity index (χ1) is 13.7. The van der Waals surface area contributed by atoms with E-state index in [2.05, 4.69) is 44.3 Å². The minimum Gasteiger partial charge on any atom is -0.378 e. The Bertz CT molecular complexity index is 774. The highest BCUT2D eigenvalue weighted by Gasteiger charge is 2.27. The summed E-state index contributed by atoms with van der Waals surface area (Å²) in [6.45, 7) is 8.37. The summed E-state index contributed by atoms with van der Waals surface area (Å²) in [6, 6.07) is 10.4. The van der Waals surface area contributed by atoms with Crippen molar-refractivity contribution in [3.63, 3.8) is 0 Å². The first kappa shape index (κ1) is 19.5. The zero-order valence-electron chi connectivity index (χ0n) is 16.0. The van der Waals surface area contributed by atoms with Gasteiger partial charge in [0.05, 0.1) is 18.5 Å². The number of thioether (sulfide) groups is 1. The van der Waals surface area contributed by atoms with Crippen molar-refractivity contribution < 1.29 is 9.53 Å². The molecule has 1 unspecified atom stereocenters. The molecule has 1 atom stereocenters. The average Bonchev–Trinajstić information content (AvgIpc) is 3.23. The zero-order valence-corrected chi connectivity index (χ0v) is 17.6. The average molecular weight is 420 g/mol. The van der Waals surface area contributed by atoms with Crippen LogP contribution in [0.4, 0.5) is 10.8 Å². The lowest BCUT2D eigenvalue weighted by atomic mass is 10.2. The number of amides is 1. The largest absolute Gasteiger partial charge is 0.378 e. The van der Waals surface area contributed by atoms with E-state index in [9.17, 15) is 4.79 Å². The molecule has 3 heterocycles. The van der Waals surface area contributed by atoms with Gasteiger partial charge in [-0.3, -0.25) is 4.79 Å². The second-order valence-electron chi connectivity index (χ2n) is 6.86. The molecule has 2 aliphatic rings. The molecule has 28 heavy (non-hydrogen) atoms. The minimum atomic E-state index is -0.159. The Balaban J connectivity index is 1.29. The van der Waals surface area contributed by atoms with Gasteiger partial charge in [-0.15, -0.1) is 10.2 Å². The third kappa shape index (κ3) is 4.59. The van der Waals surface area contributed by atoms with E-state index in [1.807, 2.05) is 17.9 Å². The molecule has 1 aromatic heterocycles. The predicted octanol–water partition coefficient (Wildman–Crippen LogP) is 2.20. The number of hydrogen-bond acceptors (Lipinski definition) is 8. The van der Waals surface area contributed by atoms with Crippen LogP contribution in [0.5, 0.6) is 0 Å². The number of piperazine rings is 1. The molecule has 0 bridgehead atoms. The number of hydrogen-bond donors (Lipinski definition) is 0. The van der Waals surface area contributed by atoms with Gasteiger partial charge in [0.1, 0.15) is 0 Å². The van der Waals surface area contributed by atoms with Gasteiger partial charge in [-0.05, 0) is 19.1 Å². The van der Waals surface area contributed by atoms with E-state index in [4.69, 9.17) is 4.74 Å². The van der Waals surface area contributed by atoms with Crippen molar-refractivity contribution in [2.45, 2.75) is 16.5 Å². The second-order valence-corrected chi connectivity index (χ2v) is 9.40. The summed E-state index contributed by atoms with van der Waals surface area (Å²) in [5, 5.41) is 9.34. The molecule has 2 aromatic rings. The first-order valence-electron chi connectivity index (χ1n) is 9.62. The normalized spacial score (nSPS) is 19.0. The Hall–Kier alpha value is -1.84. The molecular weight excluding hydrogens is 394 g/mol. The number of nitrogens with zero attached hydrogens (tertiary/aromatic N) is 5. The molecule has 0 spiro atoms. The maximum Gasteiger partial charge on any atom is 0.235 e. The number of carbonyl (C=O) groups is 1. The molecule has 150 valence electrons. The van der Waals surface area contributed by atoms with Crippen molar-refractivity contribution >= 4 is 39.8 Å². The highest BCUT2D eigenvalue weighted by molar-refractivity contribution is 8.02. The first-order valence-corrected chi connectivity index (χ1v) is 11.3. The van der Waals surface area contributed by atoms with Gasteiger partial charge in [0.15, 0.2) is 4.34 Å². The van der Waals surface area contributed by atoms with Gasteiger partial charge in [-0.2, -0.15) is 0 Å². The van der Waals surface area contributed by atoms with Gasteiger partial charge in [-0.1, -0.05) is 41.3 Å². The van der Waals surface area contributed by atoms with E-state index in [0.29, 0.717) is 0 Å². The van der Waals surface area contributed by atoms with E-state index in [0.717, 1.165) is 62.0 Å². The van der Waals surface area contributed by atoms with Crippen LogP contribution < -0.4 is 9.80 Å². The van der Waals surface area contributed by atoms with E-state index in [1.54, 1.807) is 11.3 Å². The standard InChI is InChI=1S/C19H25N5O2S2/c1-15(27-19-21-20-18(28-19)24-11-13-26-14-12-24)17(25)23-9-7-22(8-10-23)16-5-3-2-4-6-16/h2-6,15H,7-14H2,1H3. The topological polar surface area (TPSA) is 61.8 Å². The van der Waals surface area contributed by atoms with Crippen LogP contribution in [0.25, 0.3) is 0 Å². The maximum atomic E-state index is 12.9. The SMILES string of the molecule is CC(Sc1nnc(N2CCOCC2)s1)C(=O)N1CCN(c2ccccc2)CC1. The molecule has 9 heteroatoms. The molecular formula is C19H25N5O2S2. The summed E-state index contributed by atoms with van der Waals surface area (Å²) < 4.78 is 6.23. The summed E-state index contributed by atoms with van der Waals surface area (Å²) in [4.78, 5) is 19.4. The molecule has 4 rings (SSSR count). The van der Waals surface area contributed by atoms with Crippen molar-refractivity contribution in [1.82, 2.24) is 15.1 Å². The quantitative estimate of drug-likeness (QED) is 0.689. The lowest BCUT2D eigenvalue weighted by Crippen LogP contribution is -2.50. The molecule has 0 saturated carbocycles. The number of ether oxygens (including phenoxy) is 1. The van der Waals surface area contributed by atoms with Gasteiger partial charge in [0.25, 0.3) is 0 Å². The van der Waals surface area contributed by atoms with Crippen LogP contribution in [0.2, 0.25) is 0 Å². The molecule has 0 aliphatic carbocycles. The Kier molecular flexibility index (Phi) is 6.33. The molecule has 7 nitrogen and oxygen atoms in total. The third-order valence-corrected chi connectivity index (χ3v) is 7.17. The van der Waals surface area contributed by atoms with Crippen LogP contribution in [-0.4, -0.2) is 78.7 Å². The van der Waals surface area contributed by atoms with Crippen LogP contribution >= 0.6 is 23.1 Å². The molecule has 0 radical (unpaired) electrons. The fourth-order valence-electron chi connectivity index (χ4n) is 3.42. The molecule has 0 N–H and O–H groups in total. The van der Waals surface area contributed by atoms with Crippen molar-refractivity contribution in [3.8, 4) is 0 Å². The van der Waals surface area contributed by atoms with Crippen LogP contribution in [0.15, 0.2) is 34.7 Å². The van der Waals surface area contributed by atoms with Crippen LogP contribution in [-0.2, 0) is 9.53 Å². The summed E-state index contributed by atoms with van der Waals surface area (Å²) in [6.07, 6.45) is 0. The van der Waals surface area contributed by atoms with Gasteiger partial charge in [0.2, 0.25) is 11.0 Å². The number of benzene rings is 1. The van der Waals surface area contributed by atoms with E-state index >= 15 is 0 Å². The summed E-state index contributed by atoms with van der Waals surface area (Å²) in [5.41, 5.74) is 1.22.